The third kappa shape index (κ3) is 3.45. The molecule has 0 unspecified atom stereocenters. The molecule has 3 aromatic rings. The Morgan fingerprint density at radius 3 is 2.42 bits per heavy atom. The Morgan fingerprint density at radius 1 is 1.18 bits per heavy atom. The Balaban J connectivity index is 1.49. The number of hydrogen-bond donors (Lipinski definition) is 0. The van der Waals surface area contributed by atoms with Crippen molar-refractivity contribution in [2.24, 2.45) is 18.4 Å². The number of methoxy groups -OCH3 is 2. The summed E-state index contributed by atoms with van der Waals surface area (Å²) < 4.78 is 12.9. The Hall–Kier alpha value is -3.39. The lowest BCUT2D eigenvalue weighted by molar-refractivity contribution is -0.228. The maximum absolute atomic E-state index is 12.6. The summed E-state index contributed by atoms with van der Waals surface area (Å²) in [5.74, 6) is 1.77. The molecule has 3 aliphatic carbocycles. The van der Waals surface area contributed by atoms with E-state index in [-0.39, 0.29) is 16.9 Å². The van der Waals surface area contributed by atoms with Gasteiger partial charge in [0.05, 0.1) is 37.1 Å². The minimum Gasteiger partial charge on any atom is -0.496 e. The third-order valence-electron chi connectivity index (χ3n) is 6.99. The molecule has 0 spiro atoms. The molecule has 0 saturated heterocycles. The van der Waals surface area contributed by atoms with Crippen LogP contribution in [0.15, 0.2) is 41.6 Å². The molecule has 172 valence electrons. The molecule has 0 amide bonds. The molecule has 3 fully saturated rings. The van der Waals surface area contributed by atoms with Crippen molar-refractivity contribution in [3.63, 3.8) is 0 Å². The summed E-state index contributed by atoms with van der Waals surface area (Å²) in [6.45, 7) is 0.315. The average molecular weight is 450 g/mol. The Labute approximate surface area is 191 Å². The van der Waals surface area contributed by atoms with Gasteiger partial charge in [0.1, 0.15) is 11.5 Å². The number of carbonyl (C=O) groups is 1. The minimum atomic E-state index is -0.254. The van der Waals surface area contributed by atoms with Gasteiger partial charge in [0.15, 0.2) is 0 Å². The first-order chi connectivity index (χ1) is 15.8. The van der Waals surface area contributed by atoms with E-state index in [4.69, 9.17) is 14.3 Å². The topological polar surface area (TPSA) is 82.9 Å². The van der Waals surface area contributed by atoms with E-state index in [0.29, 0.717) is 29.3 Å². The predicted octanol–water partition coefficient (Wildman–Crippen LogP) is 3.31. The molecule has 2 bridgehead atoms. The van der Waals surface area contributed by atoms with E-state index >= 15 is 0 Å². The first-order valence-electron chi connectivity index (χ1n) is 11.0. The van der Waals surface area contributed by atoms with Crippen LogP contribution in [0.5, 0.6) is 11.5 Å². The molecule has 2 heterocycles. The lowest BCUT2D eigenvalue weighted by Crippen LogP contribution is -2.58. The highest BCUT2D eigenvalue weighted by Gasteiger charge is 2.63. The molecule has 3 saturated carbocycles. The quantitative estimate of drug-likeness (QED) is 0.512. The fourth-order valence-corrected chi connectivity index (χ4v) is 5.06. The Kier molecular flexibility index (Phi) is 5.12. The van der Waals surface area contributed by atoms with Crippen LogP contribution in [0.4, 0.5) is 0 Å². The van der Waals surface area contributed by atoms with Gasteiger partial charge in [0, 0.05) is 38.2 Å². The third-order valence-corrected chi connectivity index (χ3v) is 6.99. The zero-order chi connectivity index (χ0) is 23.3. The standard InChI is InChI=1S/C25H27N3O5/c1-27-13-19(17-5-6-26-12-18(17)23(27)29)16-7-21(31-3)20(22(8-16)32-4)14-28(2)33-24(30)25-9-15(10-25)11-25/h5-8,12-13,15H,9-11,14H2,1-4H3. The van der Waals surface area contributed by atoms with Crippen molar-refractivity contribution in [3.05, 3.63) is 52.7 Å². The molecular weight excluding hydrogens is 422 g/mol. The number of hydrogen-bond acceptors (Lipinski definition) is 7. The summed E-state index contributed by atoms with van der Waals surface area (Å²) in [5, 5.41) is 2.88. The molecule has 33 heavy (non-hydrogen) atoms. The first-order valence-corrected chi connectivity index (χ1v) is 11.0. The maximum Gasteiger partial charge on any atom is 0.331 e. The van der Waals surface area contributed by atoms with Crippen molar-refractivity contribution in [1.29, 1.82) is 0 Å². The van der Waals surface area contributed by atoms with E-state index in [1.807, 2.05) is 18.2 Å². The van der Waals surface area contributed by atoms with Crippen LogP contribution in [-0.2, 0) is 23.2 Å². The number of aromatic nitrogens is 2. The molecule has 6 rings (SSSR count). The zero-order valence-electron chi connectivity index (χ0n) is 19.3. The lowest BCUT2D eigenvalue weighted by Gasteiger charge is -2.59. The van der Waals surface area contributed by atoms with Gasteiger partial charge in [-0.05, 0) is 54.3 Å². The number of benzene rings is 1. The SMILES string of the molecule is COc1cc(-c2cn(C)c(=O)c3cnccc23)cc(OC)c1CN(C)OC(=O)C12CC(C1)C2. The summed E-state index contributed by atoms with van der Waals surface area (Å²) in [7, 11) is 6.65. The fourth-order valence-electron chi connectivity index (χ4n) is 5.06. The predicted molar refractivity (Wildman–Crippen MR) is 123 cm³/mol. The highest BCUT2D eigenvalue weighted by Crippen LogP contribution is 2.64. The summed E-state index contributed by atoms with van der Waals surface area (Å²) in [6.07, 6.45) is 7.90. The van der Waals surface area contributed by atoms with Gasteiger partial charge in [-0.25, -0.2) is 4.79 Å². The Morgan fingerprint density at radius 2 is 1.85 bits per heavy atom. The van der Waals surface area contributed by atoms with Gasteiger partial charge in [-0.3, -0.25) is 9.78 Å². The molecular formula is C25H27N3O5. The van der Waals surface area contributed by atoms with Crippen LogP contribution < -0.4 is 15.0 Å². The zero-order valence-corrected chi connectivity index (χ0v) is 19.3. The van der Waals surface area contributed by atoms with Crippen LogP contribution in [0.3, 0.4) is 0 Å². The minimum absolute atomic E-state index is 0.107. The van der Waals surface area contributed by atoms with E-state index in [1.165, 1.54) is 5.06 Å². The fraction of sp³-hybridized carbons (Fsp3) is 0.400. The molecule has 0 N–H and O–H groups in total. The summed E-state index contributed by atoms with van der Waals surface area (Å²) in [5.41, 5.74) is 2.11. The molecule has 1 aromatic carbocycles. The van der Waals surface area contributed by atoms with Crippen molar-refractivity contribution in [3.8, 4) is 22.6 Å². The first kappa shape index (κ1) is 21.5. The molecule has 0 radical (unpaired) electrons. The van der Waals surface area contributed by atoms with E-state index in [0.717, 1.165) is 41.3 Å². The highest BCUT2D eigenvalue weighted by molar-refractivity contribution is 5.95. The second-order valence-corrected chi connectivity index (χ2v) is 9.16. The van der Waals surface area contributed by atoms with Gasteiger partial charge in [-0.1, -0.05) is 0 Å². The van der Waals surface area contributed by atoms with Gasteiger partial charge < -0.3 is 18.9 Å². The second kappa shape index (κ2) is 7.88. The van der Waals surface area contributed by atoms with Gasteiger partial charge in [0.2, 0.25) is 0 Å². The van der Waals surface area contributed by atoms with Crippen LogP contribution in [0, 0.1) is 11.3 Å². The van der Waals surface area contributed by atoms with Gasteiger partial charge >= 0.3 is 5.97 Å². The van der Waals surface area contributed by atoms with Crippen LogP contribution in [0.2, 0.25) is 0 Å². The average Bonchev–Trinajstić information content (AvgIpc) is 2.74. The number of pyridine rings is 2. The van der Waals surface area contributed by atoms with E-state index in [1.54, 1.807) is 51.5 Å². The molecule has 8 heteroatoms. The largest absolute Gasteiger partial charge is 0.496 e. The second-order valence-electron chi connectivity index (χ2n) is 9.16. The monoisotopic (exact) mass is 449 g/mol. The number of fused-ring (bicyclic) bond motifs is 1. The maximum atomic E-state index is 12.6. The van der Waals surface area contributed by atoms with Crippen molar-refractivity contribution in [2.45, 2.75) is 25.8 Å². The van der Waals surface area contributed by atoms with E-state index < -0.39 is 0 Å². The van der Waals surface area contributed by atoms with Gasteiger partial charge in [0.25, 0.3) is 5.56 Å². The number of hydroxylamine groups is 2. The van der Waals surface area contributed by atoms with Crippen LogP contribution in [0.25, 0.3) is 21.9 Å². The van der Waals surface area contributed by atoms with Gasteiger partial charge in [-0.2, -0.15) is 0 Å². The summed E-state index contributed by atoms with van der Waals surface area (Å²) in [6, 6.07) is 5.65. The number of carbonyl (C=O) groups excluding carboxylic acids is 1. The molecule has 0 atom stereocenters. The molecule has 8 nitrogen and oxygen atoms in total. The van der Waals surface area contributed by atoms with E-state index in [2.05, 4.69) is 4.98 Å². The molecule has 2 aromatic heterocycles. The van der Waals surface area contributed by atoms with Gasteiger partial charge in [-0.15, -0.1) is 5.06 Å². The van der Waals surface area contributed by atoms with E-state index in [9.17, 15) is 9.59 Å². The number of aryl methyl sites for hydroxylation is 1. The smallest absolute Gasteiger partial charge is 0.331 e. The van der Waals surface area contributed by atoms with Crippen molar-refractivity contribution in [2.75, 3.05) is 21.3 Å². The van der Waals surface area contributed by atoms with Crippen LogP contribution in [0.1, 0.15) is 24.8 Å². The summed E-state index contributed by atoms with van der Waals surface area (Å²) in [4.78, 5) is 34.9. The van der Waals surface area contributed by atoms with Crippen molar-refractivity contribution >= 4 is 16.7 Å². The van der Waals surface area contributed by atoms with Crippen LogP contribution >= 0.6 is 0 Å². The lowest BCUT2D eigenvalue weighted by atomic mass is 9.44. The summed E-state index contributed by atoms with van der Waals surface area (Å²) >= 11 is 0. The molecule has 3 aliphatic rings. The number of ether oxygens (including phenoxy) is 2. The van der Waals surface area contributed by atoms with Crippen molar-refractivity contribution < 1.29 is 19.1 Å². The number of nitrogens with zero attached hydrogens (tertiary/aromatic N) is 3. The Bertz CT molecular complexity index is 1270. The number of rotatable bonds is 7. The molecule has 0 aliphatic heterocycles. The normalized spacial score (nSPS) is 20.8. The highest BCUT2D eigenvalue weighted by atomic mass is 16.7. The van der Waals surface area contributed by atoms with Crippen LogP contribution in [-0.4, -0.2) is 41.9 Å². The van der Waals surface area contributed by atoms with Crippen molar-refractivity contribution in [1.82, 2.24) is 14.6 Å².